The number of benzene rings is 3. The fourth-order valence-electron chi connectivity index (χ4n) is 8.91. The van der Waals surface area contributed by atoms with Crippen molar-refractivity contribution in [3.63, 3.8) is 0 Å². The molecule has 0 bridgehead atoms. The lowest BCUT2D eigenvalue weighted by atomic mass is 9.87. The number of fused-ring (bicyclic) bond motifs is 1. The van der Waals surface area contributed by atoms with E-state index in [0.29, 0.717) is 37.9 Å². The Morgan fingerprint density at radius 1 is 0.730 bits per heavy atom. The molecule has 4 aliphatic rings. The number of Topliss-reactive ketones (excluding diaryl/α,β-unsaturated/α-hetero) is 1. The van der Waals surface area contributed by atoms with E-state index in [1.54, 1.807) is 0 Å². The highest BCUT2D eigenvalue weighted by molar-refractivity contribution is 8.00. The van der Waals surface area contributed by atoms with E-state index >= 15 is 0 Å². The van der Waals surface area contributed by atoms with Crippen LogP contribution in [0, 0.1) is 0 Å². The van der Waals surface area contributed by atoms with Gasteiger partial charge in [0.1, 0.15) is 24.7 Å². The van der Waals surface area contributed by atoms with Crippen LogP contribution in [0.4, 0.5) is 4.79 Å². The van der Waals surface area contributed by atoms with Gasteiger partial charge in [0.25, 0.3) is 0 Å². The molecule has 7 rings (SSSR count). The fraction of sp³-hybridized carbons (Fsp3) is 0.540. The van der Waals surface area contributed by atoms with E-state index in [1.807, 2.05) is 23.9 Å². The lowest BCUT2D eigenvalue weighted by Gasteiger charge is -2.26. The summed E-state index contributed by atoms with van der Waals surface area (Å²) in [7, 11) is 0. The minimum Gasteiger partial charge on any atom is -0.492 e. The molecule has 13 heteroatoms. The normalized spacial score (nSPS) is 20.1. The summed E-state index contributed by atoms with van der Waals surface area (Å²) < 4.78 is 23.3. The summed E-state index contributed by atoms with van der Waals surface area (Å²) in [5.74, 6) is 2.85. The first-order chi connectivity index (χ1) is 30.9. The van der Waals surface area contributed by atoms with Gasteiger partial charge in [0.15, 0.2) is 5.78 Å². The van der Waals surface area contributed by atoms with Gasteiger partial charge in [-0.1, -0.05) is 62.2 Å². The van der Waals surface area contributed by atoms with Crippen LogP contribution in [0.2, 0.25) is 0 Å². The zero-order valence-corrected chi connectivity index (χ0v) is 37.9. The Bertz CT molecular complexity index is 1880. The molecule has 0 aromatic heterocycles. The van der Waals surface area contributed by atoms with E-state index in [0.717, 1.165) is 161 Å². The Balaban J connectivity index is 0.924. The van der Waals surface area contributed by atoms with E-state index in [9.17, 15) is 14.4 Å². The van der Waals surface area contributed by atoms with Gasteiger partial charge in [-0.2, -0.15) is 11.8 Å². The molecule has 3 N–H and O–H groups in total. The van der Waals surface area contributed by atoms with Crippen molar-refractivity contribution in [1.82, 2.24) is 25.8 Å². The molecule has 0 spiro atoms. The van der Waals surface area contributed by atoms with Gasteiger partial charge in [-0.15, -0.1) is 0 Å². The number of urea groups is 1. The molecule has 3 atom stereocenters. The van der Waals surface area contributed by atoms with Crippen LogP contribution < -0.4 is 25.4 Å². The lowest BCUT2D eigenvalue weighted by molar-refractivity contribution is -0.121. The average molecular weight is 882 g/mol. The smallest absolute Gasteiger partial charge is 0.315 e. The van der Waals surface area contributed by atoms with Crippen LogP contribution in [0.15, 0.2) is 72.8 Å². The van der Waals surface area contributed by atoms with E-state index < -0.39 is 0 Å². The van der Waals surface area contributed by atoms with Crippen molar-refractivity contribution in [2.45, 2.75) is 82.0 Å². The molecule has 0 unspecified atom stereocenters. The number of nitrogens with zero attached hydrogens (tertiary/aromatic N) is 2. The van der Waals surface area contributed by atoms with Gasteiger partial charge in [-0.3, -0.25) is 19.4 Å². The Labute approximate surface area is 378 Å². The molecule has 3 aromatic rings. The lowest BCUT2D eigenvalue weighted by Crippen LogP contribution is -2.38. The maximum absolute atomic E-state index is 13.6. The number of ether oxygens (including phenoxy) is 4. The Morgan fingerprint density at radius 3 is 1.95 bits per heavy atom. The number of amides is 3. The van der Waals surface area contributed by atoms with Gasteiger partial charge >= 0.3 is 6.03 Å². The molecule has 4 heterocycles. The number of morpholine rings is 2. The molecule has 3 amide bonds. The first-order valence-electron chi connectivity index (χ1n) is 23.3. The average Bonchev–Trinajstić information content (AvgIpc) is 3.88. The molecule has 3 aromatic carbocycles. The molecule has 4 fully saturated rings. The molecular weight excluding hydrogens is 815 g/mol. The minimum absolute atomic E-state index is 0.0588. The number of allylic oxidation sites excluding steroid dienone is 1. The third-order valence-corrected chi connectivity index (χ3v) is 14.0. The van der Waals surface area contributed by atoms with Gasteiger partial charge in [-0.25, -0.2) is 4.79 Å². The molecular formula is C50H67N5O7S. The summed E-state index contributed by atoms with van der Waals surface area (Å²) >= 11 is 1.91. The van der Waals surface area contributed by atoms with Crippen LogP contribution in [-0.4, -0.2) is 136 Å². The highest BCUT2D eigenvalue weighted by Crippen LogP contribution is 2.37. The summed E-state index contributed by atoms with van der Waals surface area (Å²) in [6.07, 6.45) is 7.07. The van der Waals surface area contributed by atoms with Crippen LogP contribution in [0.1, 0.15) is 91.8 Å². The first-order valence-corrected chi connectivity index (χ1v) is 24.4. The fourth-order valence-corrected chi connectivity index (χ4v) is 10.5. The number of carbonyl (C=O) groups is 3. The second-order valence-corrected chi connectivity index (χ2v) is 18.2. The molecule has 4 aliphatic heterocycles. The molecule has 340 valence electrons. The van der Waals surface area contributed by atoms with E-state index in [1.165, 1.54) is 0 Å². The van der Waals surface area contributed by atoms with Gasteiger partial charge in [-0.05, 0) is 90.3 Å². The third kappa shape index (κ3) is 14.0. The number of unbranched alkanes of at least 4 members (excludes halogenated alkanes) is 3. The number of ketones is 1. The second-order valence-electron chi connectivity index (χ2n) is 16.9. The van der Waals surface area contributed by atoms with Crippen molar-refractivity contribution in [3.8, 4) is 11.5 Å². The van der Waals surface area contributed by atoms with Crippen LogP contribution in [0.5, 0.6) is 11.5 Å². The largest absolute Gasteiger partial charge is 0.492 e. The number of hydrogen-bond acceptors (Lipinski definition) is 10. The highest BCUT2D eigenvalue weighted by Gasteiger charge is 2.42. The number of thioether (sulfide) groups is 1. The molecule has 0 aliphatic carbocycles. The predicted molar refractivity (Wildman–Crippen MR) is 251 cm³/mol. The SMILES string of the molecule is CCC(=C(c1ccc(OCCN2CCOCC2)cc1)c1ccc(OCCN2CCOCC2)cc1)c1cccc(C(=O)CCCCCNC(=O)CCCC[C@@H]2SC[C@@H]3NC(=O)N[C@@H]32)c1. The quantitative estimate of drug-likeness (QED) is 0.0372. The number of hydrogen-bond donors (Lipinski definition) is 3. The standard InChI is InChI=1S/C50H67N5O7S/c1-2-43(39-9-8-10-40(35-39)45(56)11-4-3-7-22-51-47(57)13-6-5-12-46-49-44(36-63-46)52-50(58)53-49)48(37-14-18-41(19-15-37)61-33-27-54-23-29-59-30-24-54)38-16-20-42(21-17-38)62-34-28-55-25-31-60-32-26-55/h8-10,14-21,35,44,46,49H,2-7,11-13,22-34,36H2,1H3,(H,51,57)(H2,52,53,58)/t44-,46-,49-/m0/s1. The molecule has 0 saturated carbocycles. The molecule has 4 saturated heterocycles. The highest BCUT2D eigenvalue weighted by atomic mass is 32.2. The Morgan fingerprint density at radius 2 is 1.33 bits per heavy atom. The summed E-state index contributed by atoms with van der Waals surface area (Å²) in [4.78, 5) is 42.4. The van der Waals surface area contributed by atoms with Crippen molar-refractivity contribution in [3.05, 3.63) is 95.1 Å². The number of rotatable bonds is 24. The summed E-state index contributed by atoms with van der Waals surface area (Å²) in [5.41, 5.74) is 6.19. The van der Waals surface area contributed by atoms with Crippen LogP contribution in [0.3, 0.4) is 0 Å². The third-order valence-electron chi connectivity index (χ3n) is 12.5. The van der Waals surface area contributed by atoms with Crippen molar-refractivity contribution in [2.24, 2.45) is 0 Å². The summed E-state index contributed by atoms with van der Waals surface area (Å²) in [6.45, 7) is 12.6. The predicted octanol–water partition coefficient (Wildman–Crippen LogP) is 7.06. The van der Waals surface area contributed by atoms with Crippen LogP contribution in [-0.2, 0) is 14.3 Å². The van der Waals surface area contributed by atoms with Crippen molar-refractivity contribution in [2.75, 3.05) is 91.2 Å². The van der Waals surface area contributed by atoms with E-state index in [2.05, 4.69) is 93.3 Å². The molecule has 63 heavy (non-hydrogen) atoms. The molecule has 12 nitrogen and oxygen atoms in total. The Kier molecular flexibility index (Phi) is 18.2. The van der Waals surface area contributed by atoms with Gasteiger partial charge < -0.3 is 34.9 Å². The molecule has 0 radical (unpaired) electrons. The monoisotopic (exact) mass is 881 g/mol. The van der Waals surface area contributed by atoms with Crippen molar-refractivity contribution >= 4 is 40.6 Å². The maximum atomic E-state index is 13.6. The summed E-state index contributed by atoms with van der Waals surface area (Å²) in [5, 5.41) is 9.51. The van der Waals surface area contributed by atoms with Gasteiger partial charge in [0, 0.05) is 75.2 Å². The van der Waals surface area contributed by atoms with Gasteiger partial charge in [0.05, 0.1) is 38.5 Å². The van der Waals surface area contributed by atoms with Crippen molar-refractivity contribution < 1.29 is 33.3 Å². The zero-order valence-electron chi connectivity index (χ0n) is 37.1. The second kappa shape index (κ2) is 24.6. The maximum Gasteiger partial charge on any atom is 0.315 e. The number of carbonyl (C=O) groups excluding carboxylic acids is 3. The van der Waals surface area contributed by atoms with Crippen molar-refractivity contribution in [1.29, 1.82) is 0 Å². The van der Waals surface area contributed by atoms with Crippen LogP contribution >= 0.6 is 11.8 Å². The summed E-state index contributed by atoms with van der Waals surface area (Å²) in [6, 6.07) is 25.2. The van der Waals surface area contributed by atoms with Crippen LogP contribution in [0.25, 0.3) is 11.1 Å². The zero-order chi connectivity index (χ0) is 43.6. The van der Waals surface area contributed by atoms with Gasteiger partial charge in [0.2, 0.25) is 5.91 Å². The topological polar surface area (TPSA) is 131 Å². The minimum atomic E-state index is -0.0588. The first kappa shape index (κ1) is 46.6. The van der Waals surface area contributed by atoms with E-state index in [4.69, 9.17) is 18.9 Å². The van der Waals surface area contributed by atoms with E-state index in [-0.39, 0.29) is 29.8 Å². The Hall–Kier alpha value is -4.40. The number of nitrogens with one attached hydrogen (secondary N) is 3.